The van der Waals surface area contributed by atoms with Crippen molar-refractivity contribution in [2.24, 2.45) is 0 Å². The molecule has 1 fully saturated rings. The summed E-state index contributed by atoms with van der Waals surface area (Å²) in [6.45, 7) is 6.26. The fraction of sp³-hybridized carbons (Fsp3) is 0.379. The Morgan fingerprint density at radius 3 is 2.42 bits per heavy atom. The molecule has 0 radical (unpaired) electrons. The quantitative estimate of drug-likeness (QED) is 0.375. The predicted octanol–water partition coefficient (Wildman–Crippen LogP) is 5.86. The Balaban J connectivity index is 1.50. The molecule has 2 aromatic carbocycles. The number of nitrogens with one attached hydrogen (secondary N) is 1. The van der Waals surface area contributed by atoms with Crippen molar-refractivity contribution in [2.45, 2.75) is 52.3 Å². The summed E-state index contributed by atoms with van der Waals surface area (Å²) >= 11 is 1.66. The number of urea groups is 1. The number of rotatable bonds is 10. The van der Waals surface area contributed by atoms with Crippen LogP contribution in [-0.2, 0) is 29.0 Å². The van der Waals surface area contributed by atoms with Gasteiger partial charge in [-0.2, -0.15) is 0 Å². The number of nitrogens with zero attached hydrogens (tertiary/aromatic N) is 2. The van der Waals surface area contributed by atoms with Gasteiger partial charge in [0.1, 0.15) is 6.54 Å². The molecule has 0 aliphatic carbocycles. The fourth-order valence-corrected chi connectivity index (χ4v) is 5.24. The van der Waals surface area contributed by atoms with Crippen LogP contribution in [0.2, 0.25) is 0 Å². The van der Waals surface area contributed by atoms with E-state index < -0.39 is 0 Å². The van der Waals surface area contributed by atoms with Gasteiger partial charge < -0.3 is 19.9 Å². The van der Waals surface area contributed by atoms with Gasteiger partial charge in [0.05, 0.1) is 12.6 Å². The number of benzene rings is 2. The zero-order chi connectivity index (χ0) is 25.3. The second kappa shape index (κ2) is 12.7. The van der Waals surface area contributed by atoms with Gasteiger partial charge in [-0.1, -0.05) is 49.4 Å². The van der Waals surface area contributed by atoms with E-state index in [1.807, 2.05) is 59.5 Å². The molecule has 190 valence electrons. The van der Waals surface area contributed by atoms with Crippen molar-refractivity contribution >= 4 is 29.0 Å². The van der Waals surface area contributed by atoms with E-state index in [1.165, 1.54) is 11.1 Å². The van der Waals surface area contributed by atoms with E-state index in [0.717, 1.165) is 35.4 Å². The van der Waals surface area contributed by atoms with E-state index in [2.05, 4.69) is 30.6 Å². The summed E-state index contributed by atoms with van der Waals surface area (Å²) < 4.78 is 5.81. The van der Waals surface area contributed by atoms with Gasteiger partial charge >= 0.3 is 6.03 Å². The van der Waals surface area contributed by atoms with E-state index in [4.69, 9.17) is 4.74 Å². The maximum Gasteiger partial charge on any atom is 0.322 e. The molecule has 1 atom stereocenters. The van der Waals surface area contributed by atoms with Gasteiger partial charge in [-0.05, 0) is 66.5 Å². The van der Waals surface area contributed by atoms with Crippen molar-refractivity contribution in [1.29, 1.82) is 0 Å². The minimum Gasteiger partial charge on any atom is -0.376 e. The van der Waals surface area contributed by atoms with E-state index in [0.29, 0.717) is 26.2 Å². The number of amides is 3. The van der Waals surface area contributed by atoms with Crippen LogP contribution in [0.25, 0.3) is 0 Å². The lowest BCUT2D eigenvalue weighted by Gasteiger charge is -2.29. The van der Waals surface area contributed by atoms with Crippen LogP contribution in [0.3, 0.4) is 0 Å². The summed E-state index contributed by atoms with van der Waals surface area (Å²) in [5, 5.41) is 5.03. The molecule has 4 rings (SSSR count). The van der Waals surface area contributed by atoms with Gasteiger partial charge in [-0.15, -0.1) is 11.3 Å². The number of anilines is 1. The smallest absolute Gasteiger partial charge is 0.322 e. The van der Waals surface area contributed by atoms with Crippen LogP contribution in [0.15, 0.2) is 66.0 Å². The first-order chi connectivity index (χ1) is 17.5. The third-order valence-corrected chi connectivity index (χ3v) is 7.55. The van der Waals surface area contributed by atoms with Crippen LogP contribution in [0, 0.1) is 6.92 Å². The molecule has 6 nitrogen and oxygen atoms in total. The second-order valence-electron chi connectivity index (χ2n) is 9.26. The van der Waals surface area contributed by atoms with Gasteiger partial charge in [-0.25, -0.2) is 4.79 Å². The van der Waals surface area contributed by atoms with Crippen molar-refractivity contribution in [1.82, 2.24) is 9.80 Å². The Hall–Kier alpha value is -3.16. The Morgan fingerprint density at radius 2 is 1.78 bits per heavy atom. The van der Waals surface area contributed by atoms with Crippen LogP contribution in [0.1, 0.15) is 41.3 Å². The number of carbonyl (C=O) groups is 2. The SMILES string of the molecule is CCc1ccc(NC(=O)N(CC(=O)N(Cc2ccccc2)Cc2sccc2C)CC2CCCO2)cc1. The molecule has 2 heterocycles. The van der Waals surface area contributed by atoms with Gasteiger partial charge in [0, 0.05) is 30.3 Å². The molecular formula is C29H35N3O3S. The first-order valence-corrected chi connectivity index (χ1v) is 13.5. The maximum atomic E-state index is 13.7. The molecule has 0 bridgehead atoms. The van der Waals surface area contributed by atoms with Gasteiger partial charge in [-0.3, -0.25) is 4.79 Å². The lowest BCUT2D eigenvalue weighted by atomic mass is 10.1. The largest absolute Gasteiger partial charge is 0.376 e. The third kappa shape index (κ3) is 7.18. The standard InChI is InChI=1S/C29H35N3O3S/c1-3-23-11-13-25(14-12-23)30-29(34)32(19-26-10-7-16-35-26)21-28(33)31(18-24-8-5-4-6-9-24)20-27-22(2)15-17-36-27/h4-6,8-9,11-15,17,26H,3,7,10,16,18-21H2,1-2H3,(H,30,34). The summed E-state index contributed by atoms with van der Waals surface area (Å²) in [4.78, 5) is 31.6. The fourth-order valence-electron chi connectivity index (χ4n) is 4.32. The molecule has 7 heteroatoms. The number of carbonyl (C=O) groups excluding carboxylic acids is 2. The number of ether oxygens (including phenoxy) is 1. The number of aryl methyl sites for hydroxylation is 2. The van der Waals surface area contributed by atoms with Crippen molar-refractivity contribution in [3.05, 3.63) is 87.6 Å². The molecule has 1 unspecified atom stereocenters. The summed E-state index contributed by atoms with van der Waals surface area (Å²) in [5.41, 5.74) is 4.17. The lowest BCUT2D eigenvalue weighted by molar-refractivity contribution is -0.133. The highest BCUT2D eigenvalue weighted by Gasteiger charge is 2.27. The second-order valence-corrected chi connectivity index (χ2v) is 10.3. The minimum atomic E-state index is -0.282. The molecule has 1 aliphatic rings. The normalized spacial score (nSPS) is 15.0. The first-order valence-electron chi connectivity index (χ1n) is 12.6. The monoisotopic (exact) mass is 505 g/mol. The van der Waals surface area contributed by atoms with Crippen molar-refractivity contribution in [3.8, 4) is 0 Å². The van der Waals surface area contributed by atoms with Crippen LogP contribution in [-0.4, -0.2) is 47.5 Å². The zero-order valence-corrected chi connectivity index (χ0v) is 21.9. The Bertz CT molecular complexity index is 1120. The van der Waals surface area contributed by atoms with Gasteiger partial charge in [0.25, 0.3) is 0 Å². The lowest BCUT2D eigenvalue weighted by Crippen LogP contribution is -2.46. The molecule has 0 saturated carbocycles. The van der Waals surface area contributed by atoms with Crippen molar-refractivity contribution in [2.75, 3.05) is 25.0 Å². The van der Waals surface area contributed by atoms with Crippen LogP contribution >= 0.6 is 11.3 Å². The molecule has 1 aliphatic heterocycles. The average molecular weight is 506 g/mol. The summed E-state index contributed by atoms with van der Waals surface area (Å²) in [5.74, 6) is -0.0823. The summed E-state index contributed by atoms with van der Waals surface area (Å²) in [6.07, 6.45) is 2.76. The summed E-state index contributed by atoms with van der Waals surface area (Å²) in [7, 11) is 0. The molecule has 3 amide bonds. The maximum absolute atomic E-state index is 13.7. The average Bonchev–Trinajstić information content (AvgIpc) is 3.56. The minimum absolute atomic E-state index is 0.00397. The van der Waals surface area contributed by atoms with Gasteiger partial charge in [0.15, 0.2) is 0 Å². The van der Waals surface area contributed by atoms with Crippen molar-refractivity contribution in [3.63, 3.8) is 0 Å². The highest BCUT2D eigenvalue weighted by atomic mass is 32.1. The van der Waals surface area contributed by atoms with Crippen LogP contribution in [0.5, 0.6) is 0 Å². The Morgan fingerprint density at radius 1 is 1.00 bits per heavy atom. The molecule has 1 aromatic heterocycles. The van der Waals surface area contributed by atoms with E-state index in [-0.39, 0.29) is 24.6 Å². The molecule has 0 spiro atoms. The summed E-state index contributed by atoms with van der Waals surface area (Å²) in [6, 6.07) is 19.6. The Kier molecular flexibility index (Phi) is 9.14. The van der Waals surface area contributed by atoms with Crippen molar-refractivity contribution < 1.29 is 14.3 Å². The van der Waals surface area contributed by atoms with Gasteiger partial charge in [0.2, 0.25) is 5.91 Å². The third-order valence-electron chi connectivity index (χ3n) is 6.55. The molecule has 3 aromatic rings. The Labute approximate surface area is 217 Å². The highest BCUT2D eigenvalue weighted by molar-refractivity contribution is 7.10. The van der Waals surface area contributed by atoms with E-state index in [1.54, 1.807) is 16.2 Å². The predicted molar refractivity (Wildman–Crippen MR) is 145 cm³/mol. The number of thiophene rings is 1. The topological polar surface area (TPSA) is 61.9 Å². The first kappa shape index (κ1) is 25.9. The number of hydrogen-bond acceptors (Lipinski definition) is 4. The zero-order valence-electron chi connectivity index (χ0n) is 21.1. The van der Waals surface area contributed by atoms with Crippen LogP contribution in [0.4, 0.5) is 10.5 Å². The van der Waals surface area contributed by atoms with Crippen LogP contribution < -0.4 is 5.32 Å². The van der Waals surface area contributed by atoms with E-state index in [9.17, 15) is 9.59 Å². The van der Waals surface area contributed by atoms with E-state index >= 15 is 0 Å². The number of hydrogen-bond donors (Lipinski definition) is 1. The molecule has 36 heavy (non-hydrogen) atoms. The highest BCUT2D eigenvalue weighted by Crippen LogP contribution is 2.21. The molecule has 1 saturated heterocycles. The molecular weight excluding hydrogens is 470 g/mol. The molecule has 1 N–H and O–H groups in total.